The zero-order valence-corrected chi connectivity index (χ0v) is 11.8. The van der Waals surface area contributed by atoms with Gasteiger partial charge in [-0.3, -0.25) is 9.59 Å². The van der Waals surface area contributed by atoms with Crippen LogP contribution in [0.15, 0.2) is 43.0 Å². The molecule has 0 bridgehead atoms. The standard InChI is InChI=1S/C15H16FN3O3/c16-12-3-1-11(2-4-12)13(9-15(21)22)18-14(20)5-7-19-8-6-17-10-19/h1-4,6,8,10,13H,5,7,9H2,(H,18,20)(H,21,22). The molecule has 1 amide bonds. The first-order valence-corrected chi connectivity index (χ1v) is 6.77. The Labute approximate surface area is 126 Å². The molecule has 0 saturated heterocycles. The number of aromatic nitrogens is 2. The van der Waals surface area contributed by atoms with Gasteiger partial charge in [-0.1, -0.05) is 12.1 Å². The molecule has 0 radical (unpaired) electrons. The van der Waals surface area contributed by atoms with Gasteiger partial charge in [-0.05, 0) is 17.7 Å². The maximum absolute atomic E-state index is 12.9. The van der Waals surface area contributed by atoms with Crippen molar-refractivity contribution in [2.45, 2.75) is 25.4 Å². The van der Waals surface area contributed by atoms with Crippen LogP contribution in [0.4, 0.5) is 4.39 Å². The van der Waals surface area contributed by atoms with Gasteiger partial charge in [0.2, 0.25) is 5.91 Å². The summed E-state index contributed by atoms with van der Waals surface area (Å²) in [5.41, 5.74) is 0.555. The molecule has 2 rings (SSSR count). The molecule has 0 fully saturated rings. The molecular weight excluding hydrogens is 289 g/mol. The van der Waals surface area contributed by atoms with E-state index in [0.29, 0.717) is 12.1 Å². The third-order valence-electron chi connectivity index (χ3n) is 3.14. The van der Waals surface area contributed by atoms with Crippen LogP contribution < -0.4 is 5.32 Å². The minimum Gasteiger partial charge on any atom is -0.481 e. The average molecular weight is 305 g/mol. The number of rotatable bonds is 7. The Morgan fingerprint density at radius 3 is 2.64 bits per heavy atom. The number of imidazole rings is 1. The lowest BCUT2D eigenvalue weighted by Gasteiger charge is -2.17. The predicted octanol–water partition coefficient (Wildman–Crippen LogP) is 1.74. The van der Waals surface area contributed by atoms with Gasteiger partial charge in [-0.2, -0.15) is 0 Å². The van der Waals surface area contributed by atoms with Crippen LogP contribution >= 0.6 is 0 Å². The van der Waals surface area contributed by atoms with E-state index in [4.69, 9.17) is 5.11 Å². The number of nitrogens with zero attached hydrogens (tertiary/aromatic N) is 2. The van der Waals surface area contributed by atoms with Gasteiger partial charge in [0, 0.05) is 25.4 Å². The van der Waals surface area contributed by atoms with E-state index in [1.165, 1.54) is 24.3 Å². The van der Waals surface area contributed by atoms with Gasteiger partial charge in [-0.25, -0.2) is 9.37 Å². The van der Waals surface area contributed by atoms with Gasteiger partial charge >= 0.3 is 5.97 Å². The predicted molar refractivity (Wildman–Crippen MR) is 76.4 cm³/mol. The highest BCUT2D eigenvalue weighted by Gasteiger charge is 2.18. The summed E-state index contributed by atoms with van der Waals surface area (Å²) in [6.45, 7) is 0.453. The minimum absolute atomic E-state index is 0.202. The molecule has 6 nitrogen and oxygen atoms in total. The highest BCUT2D eigenvalue weighted by molar-refractivity contribution is 5.77. The Bertz CT molecular complexity index is 626. The third-order valence-corrected chi connectivity index (χ3v) is 3.14. The van der Waals surface area contributed by atoms with Crippen molar-refractivity contribution in [2.75, 3.05) is 0 Å². The third kappa shape index (κ3) is 4.69. The fraction of sp³-hybridized carbons (Fsp3) is 0.267. The SMILES string of the molecule is O=C(O)CC(NC(=O)CCn1ccnc1)c1ccc(F)cc1. The molecule has 1 atom stereocenters. The number of carboxylic acids is 1. The maximum Gasteiger partial charge on any atom is 0.305 e. The van der Waals surface area contributed by atoms with Gasteiger partial charge < -0.3 is 15.0 Å². The number of carbonyl (C=O) groups is 2. The van der Waals surface area contributed by atoms with Crippen molar-refractivity contribution in [3.05, 3.63) is 54.4 Å². The lowest BCUT2D eigenvalue weighted by atomic mass is 10.0. The number of aliphatic carboxylic acids is 1. The Kier molecular flexibility index (Phi) is 5.24. The number of hydrogen-bond acceptors (Lipinski definition) is 3. The van der Waals surface area contributed by atoms with E-state index in [1.807, 2.05) is 0 Å². The minimum atomic E-state index is -1.04. The molecule has 1 aromatic heterocycles. The first-order valence-electron chi connectivity index (χ1n) is 6.77. The van der Waals surface area contributed by atoms with Crippen molar-refractivity contribution in [1.82, 2.24) is 14.9 Å². The zero-order valence-electron chi connectivity index (χ0n) is 11.8. The molecule has 22 heavy (non-hydrogen) atoms. The Balaban J connectivity index is 1.98. The lowest BCUT2D eigenvalue weighted by Crippen LogP contribution is -2.30. The van der Waals surface area contributed by atoms with E-state index in [-0.39, 0.29) is 18.7 Å². The number of halogens is 1. The fourth-order valence-electron chi connectivity index (χ4n) is 2.04. The van der Waals surface area contributed by atoms with E-state index in [2.05, 4.69) is 10.3 Å². The molecule has 0 aliphatic rings. The molecule has 2 aromatic rings. The number of amides is 1. The number of aryl methyl sites for hydroxylation is 1. The maximum atomic E-state index is 12.9. The monoisotopic (exact) mass is 305 g/mol. The highest BCUT2D eigenvalue weighted by atomic mass is 19.1. The number of carboxylic acid groups (broad SMARTS) is 1. The number of benzene rings is 1. The van der Waals surface area contributed by atoms with E-state index in [1.54, 1.807) is 23.3 Å². The number of carbonyl (C=O) groups excluding carboxylic acids is 1. The van der Waals surface area contributed by atoms with Crippen molar-refractivity contribution in [3.63, 3.8) is 0 Å². The lowest BCUT2D eigenvalue weighted by molar-refractivity contribution is -0.137. The summed E-state index contributed by atoms with van der Waals surface area (Å²) in [4.78, 5) is 26.8. The molecule has 0 saturated carbocycles. The van der Waals surface area contributed by atoms with Crippen molar-refractivity contribution in [3.8, 4) is 0 Å². The van der Waals surface area contributed by atoms with Crippen LogP contribution in [0.1, 0.15) is 24.4 Å². The van der Waals surface area contributed by atoms with Crippen LogP contribution in [-0.4, -0.2) is 26.5 Å². The Hall–Kier alpha value is -2.70. The van der Waals surface area contributed by atoms with Crippen LogP contribution in [0.25, 0.3) is 0 Å². The topological polar surface area (TPSA) is 84.2 Å². The molecule has 2 N–H and O–H groups in total. The molecule has 116 valence electrons. The second kappa shape index (κ2) is 7.35. The summed E-state index contributed by atoms with van der Waals surface area (Å²) < 4.78 is 14.7. The van der Waals surface area contributed by atoms with Gasteiger partial charge in [0.05, 0.1) is 18.8 Å². The van der Waals surface area contributed by atoms with E-state index < -0.39 is 17.8 Å². The van der Waals surface area contributed by atoms with Gasteiger partial charge in [0.25, 0.3) is 0 Å². The number of hydrogen-bond donors (Lipinski definition) is 2. The normalized spacial score (nSPS) is 11.9. The largest absolute Gasteiger partial charge is 0.481 e. The quantitative estimate of drug-likeness (QED) is 0.816. The van der Waals surface area contributed by atoms with E-state index >= 15 is 0 Å². The van der Waals surface area contributed by atoms with Crippen LogP contribution in [0.3, 0.4) is 0 Å². The second-order valence-electron chi connectivity index (χ2n) is 4.82. The average Bonchev–Trinajstić information content (AvgIpc) is 2.98. The van der Waals surface area contributed by atoms with E-state index in [9.17, 15) is 14.0 Å². The molecule has 0 aliphatic carbocycles. The van der Waals surface area contributed by atoms with Gasteiger partial charge in [0.15, 0.2) is 0 Å². The summed E-state index contributed by atoms with van der Waals surface area (Å²) in [7, 11) is 0. The smallest absolute Gasteiger partial charge is 0.305 e. The molecule has 1 unspecified atom stereocenters. The van der Waals surface area contributed by atoms with Crippen LogP contribution in [0.2, 0.25) is 0 Å². The summed E-state index contributed by atoms with van der Waals surface area (Å²) in [5, 5.41) is 11.6. The molecule has 0 spiro atoms. The molecule has 0 aliphatic heterocycles. The molecular formula is C15H16FN3O3. The first kappa shape index (κ1) is 15.7. The zero-order chi connectivity index (χ0) is 15.9. The first-order chi connectivity index (χ1) is 10.5. The molecule has 1 heterocycles. The van der Waals surface area contributed by atoms with Crippen molar-refractivity contribution in [1.29, 1.82) is 0 Å². The molecule has 7 heteroatoms. The van der Waals surface area contributed by atoms with Crippen LogP contribution in [0.5, 0.6) is 0 Å². The Morgan fingerprint density at radius 2 is 2.05 bits per heavy atom. The fourth-order valence-corrected chi connectivity index (χ4v) is 2.04. The molecule has 1 aromatic carbocycles. The number of nitrogens with one attached hydrogen (secondary N) is 1. The van der Waals surface area contributed by atoms with E-state index in [0.717, 1.165) is 0 Å². The van der Waals surface area contributed by atoms with Crippen molar-refractivity contribution >= 4 is 11.9 Å². The summed E-state index contributed by atoms with van der Waals surface area (Å²) >= 11 is 0. The van der Waals surface area contributed by atoms with Crippen molar-refractivity contribution < 1.29 is 19.1 Å². The summed E-state index contributed by atoms with van der Waals surface area (Å²) in [5.74, 6) is -1.72. The summed E-state index contributed by atoms with van der Waals surface area (Å²) in [6.07, 6.45) is 4.89. The highest BCUT2D eigenvalue weighted by Crippen LogP contribution is 2.17. The van der Waals surface area contributed by atoms with Gasteiger partial charge in [-0.15, -0.1) is 0 Å². The van der Waals surface area contributed by atoms with Crippen LogP contribution in [0, 0.1) is 5.82 Å². The van der Waals surface area contributed by atoms with Crippen LogP contribution in [-0.2, 0) is 16.1 Å². The van der Waals surface area contributed by atoms with Gasteiger partial charge in [0.1, 0.15) is 5.82 Å². The Morgan fingerprint density at radius 1 is 1.32 bits per heavy atom. The summed E-state index contributed by atoms with van der Waals surface area (Å²) in [6, 6.07) is 4.73. The van der Waals surface area contributed by atoms with Crippen molar-refractivity contribution in [2.24, 2.45) is 0 Å². The second-order valence-corrected chi connectivity index (χ2v) is 4.82.